The third-order valence-corrected chi connectivity index (χ3v) is 3.51. The molecule has 0 saturated heterocycles. The first kappa shape index (κ1) is 16.1. The van der Waals surface area contributed by atoms with Gasteiger partial charge in [-0.05, 0) is 0 Å². The molecule has 0 heterocycles. The van der Waals surface area contributed by atoms with Gasteiger partial charge in [0.15, 0.2) is 11.5 Å². The average Bonchev–Trinajstić information content (AvgIpc) is 2.36. The topological polar surface area (TPSA) is 95.7 Å². The van der Waals surface area contributed by atoms with Crippen LogP contribution in [-0.2, 0) is 9.05 Å². The number of terminal acetylenes is 1. The van der Waals surface area contributed by atoms with Crippen molar-refractivity contribution in [1.82, 2.24) is 0 Å². The highest BCUT2D eigenvalue weighted by Gasteiger charge is 2.26. The standard InChI is InChI=1S/C11H10ClNO6S/c1-3-4-5-19-9-6-8(13(14)15)7-10(11(9)18-2)20(12,16)17/h1,6-7H,4-5H2,2H3. The Morgan fingerprint density at radius 2 is 2.15 bits per heavy atom. The van der Waals surface area contributed by atoms with Crippen molar-refractivity contribution >= 4 is 25.4 Å². The number of ether oxygens (including phenoxy) is 2. The molecule has 0 aliphatic rings. The van der Waals surface area contributed by atoms with Crippen LogP contribution in [0.2, 0.25) is 0 Å². The minimum absolute atomic E-state index is 0.0514. The van der Waals surface area contributed by atoms with Crippen molar-refractivity contribution < 1.29 is 22.8 Å². The summed E-state index contributed by atoms with van der Waals surface area (Å²) >= 11 is 0. The predicted molar refractivity (Wildman–Crippen MR) is 71.6 cm³/mol. The number of non-ortho nitro benzene ring substituents is 1. The fourth-order valence-corrected chi connectivity index (χ4v) is 2.39. The van der Waals surface area contributed by atoms with Crippen LogP contribution >= 0.6 is 10.7 Å². The van der Waals surface area contributed by atoms with Crippen LogP contribution in [0.4, 0.5) is 5.69 Å². The molecule has 0 spiro atoms. The third kappa shape index (κ3) is 3.76. The Bertz CT molecular complexity index is 664. The van der Waals surface area contributed by atoms with Crippen LogP contribution in [0.15, 0.2) is 17.0 Å². The summed E-state index contributed by atoms with van der Waals surface area (Å²) in [4.78, 5) is 9.50. The van der Waals surface area contributed by atoms with Gasteiger partial charge in [-0.25, -0.2) is 8.42 Å². The Hall–Kier alpha value is -1.98. The second-order valence-corrected chi connectivity index (χ2v) is 6.01. The monoisotopic (exact) mass is 319 g/mol. The van der Waals surface area contributed by atoms with Crippen LogP contribution in [-0.4, -0.2) is 27.1 Å². The van der Waals surface area contributed by atoms with Gasteiger partial charge in [-0.1, -0.05) is 0 Å². The van der Waals surface area contributed by atoms with E-state index in [9.17, 15) is 18.5 Å². The number of nitrogens with zero attached hydrogens (tertiary/aromatic N) is 1. The third-order valence-electron chi connectivity index (χ3n) is 2.19. The summed E-state index contributed by atoms with van der Waals surface area (Å²) in [7, 11) is 2.20. The molecule has 1 aromatic carbocycles. The molecule has 0 saturated carbocycles. The molecule has 0 aliphatic carbocycles. The van der Waals surface area contributed by atoms with Crippen molar-refractivity contribution in [3.63, 3.8) is 0 Å². The quantitative estimate of drug-likeness (QED) is 0.261. The largest absolute Gasteiger partial charge is 0.492 e. The fraction of sp³-hybridized carbons (Fsp3) is 0.273. The van der Waals surface area contributed by atoms with E-state index >= 15 is 0 Å². The zero-order valence-corrected chi connectivity index (χ0v) is 11.9. The first-order valence-corrected chi connectivity index (χ1v) is 7.49. The molecule has 9 heteroatoms. The predicted octanol–water partition coefficient (Wildman–Crippen LogP) is 1.93. The van der Waals surface area contributed by atoms with E-state index in [4.69, 9.17) is 26.6 Å². The molecule has 0 unspecified atom stereocenters. The Balaban J connectivity index is 3.44. The lowest BCUT2D eigenvalue weighted by atomic mass is 10.2. The van der Waals surface area contributed by atoms with Crippen molar-refractivity contribution in [3.8, 4) is 23.8 Å². The highest BCUT2D eigenvalue weighted by molar-refractivity contribution is 8.13. The molecule has 0 amide bonds. The van der Waals surface area contributed by atoms with Gasteiger partial charge in [0.25, 0.3) is 14.7 Å². The van der Waals surface area contributed by atoms with E-state index in [-0.39, 0.29) is 24.5 Å². The zero-order chi connectivity index (χ0) is 15.3. The van der Waals surface area contributed by atoms with Gasteiger partial charge >= 0.3 is 0 Å². The number of halogens is 1. The summed E-state index contributed by atoms with van der Waals surface area (Å²) in [6.45, 7) is 0.0514. The van der Waals surface area contributed by atoms with Gasteiger partial charge in [0.2, 0.25) is 0 Å². The van der Waals surface area contributed by atoms with Crippen molar-refractivity contribution in [2.75, 3.05) is 13.7 Å². The Kier molecular flexibility index (Phi) is 5.19. The molecular formula is C11H10ClNO6S. The normalized spacial score (nSPS) is 10.7. The van der Waals surface area contributed by atoms with Crippen molar-refractivity contribution in [3.05, 3.63) is 22.2 Å². The van der Waals surface area contributed by atoms with Crippen LogP contribution in [0.3, 0.4) is 0 Å². The lowest BCUT2D eigenvalue weighted by Gasteiger charge is -2.12. The minimum atomic E-state index is -4.23. The minimum Gasteiger partial charge on any atom is -0.492 e. The number of rotatable bonds is 6. The number of hydrogen-bond acceptors (Lipinski definition) is 6. The molecule has 0 bridgehead atoms. The Morgan fingerprint density at radius 3 is 2.60 bits per heavy atom. The van der Waals surface area contributed by atoms with Gasteiger partial charge in [-0.2, -0.15) is 0 Å². The van der Waals surface area contributed by atoms with Gasteiger partial charge in [-0.3, -0.25) is 10.1 Å². The number of nitro benzene ring substituents is 1. The molecule has 0 aromatic heterocycles. The van der Waals surface area contributed by atoms with Gasteiger partial charge in [0.05, 0.1) is 24.7 Å². The number of nitro groups is 1. The summed E-state index contributed by atoms with van der Waals surface area (Å²) in [5, 5.41) is 10.8. The van der Waals surface area contributed by atoms with Gasteiger partial charge in [0, 0.05) is 23.2 Å². The van der Waals surface area contributed by atoms with Crippen LogP contribution in [0, 0.1) is 22.5 Å². The summed E-state index contributed by atoms with van der Waals surface area (Å²) < 4.78 is 33.0. The van der Waals surface area contributed by atoms with Crippen LogP contribution < -0.4 is 9.47 Å². The molecule has 1 aromatic rings. The van der Waals surface area contributed by atoms with E-state index in [2.05, 4.69) is 5.92 Å². The summed E-state index contributed by atoms with van der Waals surface area (Å²) in [6.07, 6.45) is 5.30. The first-order valence-electron chi connectivity index (χ1n) is 5.18. The van der Waals surface area contributed by atoms with E-state index in [1.54, 1.807) is 0 Å². The highest BCUT2D eigenvalue weighted by Crippen LogP contribution is 2.39. The maximum absolute atomic E-state index is 11.4. The number of hydrogen-bond donors (Lipinski definition) is 0. The summed E-state index contributed by atoms with van der Waals surface area (Å²) in [5.41, 5.74) is -0.485. The molecule has 1 rings (SSSR count). The van der Waals surface area contributed by atoms with Crippen LogP contribution in [0.5, 0.6) is 11.5 Å². The number of benzene rings is 1. The Morgan fingerprint density at radius 1 is 1.50 bits per heavy atom. The van der Waals surface area contributed by atoms with Crippen LogP contribution in [0.25, 0.3) is 0 Å². The maximum atomic E-state index is 11.4. The van der Waals surface area contributed by atoms with E-state index in [0.717, 1.165) is 12.1 Å². The second kappa shape index (κ2) is 6.45. The molecule has 108 valence electrons. The first-order chi connectivity index (χ1) is 9.31. The van der Waals surface area contributed by atoms with E-state index in [1.165, 1.54) is 7.11 Å². The lowest BCUT2D eigenvalue weighted by molar-refractivity contribution is -0.385. The second-order valence-electron chi connectivity index (χ2n) is 3.47. The lowest BCUT2D eigenvalue weighted by Crippen LogP contribution is -2.04. The van der Waals surface area contributed by atoms with Gasteiger partial charge in [-0.15, -0.1) is 12.3 Å². The molecule has 0 fully saturated rings. The summed E-state index contributed by atoms with van der Waals surface area (Å²) in [6, 6.07) is 1.84. The zero-order valence-electron chi connectivity index (χ0n) is 10.3. The van der Waals surface area contributed by atoms with E-state index in [1.807, 2.05) is 0 Å². The van der Waals surface area contributed by atoms with Crippen molar-refractivity contribution in [1.29, 1.82) is 0 Å². The van der Waals surface area contributed by atoms with Crippen LogP contribution in [0.1, 0.15) is 6.42 Å². The van der Waals surface area contributed by atoms with Gasteiger partial charge in [0.1, 0.15) is 4.90 Å². The highest BCUT2D eigenvalue weighted by atomic mass is 35.7. The number of methoxy groups -OCH3 is 1. The molecule has 7 nitrogen and oxygen atoms in total. The fourth-order valence-electron chi connectivity index (χ4n) is 1.38. The molecule has 0 atom stereocenters. The molecule has 0 N–H and O–H groups in total. The molecule has 0 aliphatic heterocycles. The maximum Gasteiger partial charge on any atom is 0.274 e. The summed E-state index contributed by atoms with van der Waals surface area (Å²) in [5.74, 6) is 1.99. The van der Waals surface area contributed by atoms with E-state index in [0.29, 0.717) is 0 Å². The molecule has 0 radical (unpaired) electrons. The van der Waals surface area contributed by atoms with Crippen molar-refractivity contribution in [2.45, 2.75) is 11.3 Å². The molecular weight excluding hydrogens is 310 g/mol. The average molecular weight is 320 g/mol. The molecule has 20 heavy (non-hydrogen) atoms. The smallest absolute Gasteiger partial charge is 0.274 e. The van der Waals surface area contributed by atoms with E-state index < -0.39 is 24.6 Å². The van der Waals surface area contributed by atoms with Crippen molar-refractivity contribution in [2.24, 2.45) is 0 Å². The van der Waals surface area contributed by atoms with Gasteiger partial charge < -0.3 is 9.47 Å². The SMILES string of the molecule is C#CCCOc1cc([N+](=O)[O-])cc(S(=O)(=O)Cl)c1OC. The Labute approximate surface area is 120 Å².